The molecule has 2 rings (SSSR count). The van der Waals surface area contributed by atoms with E-state index in [1.165, 1.54) is 24.3 Å². The summed E-state index contributed by atoms with van der Waals surface area (Å²) in [6.07, 6.45) is 0. The van der Waals surface area contributed by atoms with Crippen LogP contribution >= 0.6 is 11.6 Å². The summed E-state index contributed by atoms with van der Waals surface area (Å²) in [6, 6.07) is 5.33. The summed E-state index contributed by atoms with van der Waals surface area (Å²) in [5, 5.41) is 15.0. The van der Waals surface area contributed by atoms with Gasteiger partial charge in [0.05, 0.1) is 0 Å². The molecule has 1 heterocycles. The first-order valence-electron chi connectivity index (χ1n) is 4.32. The monoisotopic (exact) mass is 240 g/mol. The normalized spacial score (nSPS) is 10.4. The van der Waals surface area contributed by atoms with Crippen LogP contribution in [0.15, 0.2) is 24.3 Å². The third-order valence-corrected chi connectivity index (χ3v) is 2.33. The molecule has 0 saturated heterocycles. The molecular formula is C10H6ClFN2O2. The van der Waals surface area contributed by atoms with Crippen molar-refractivity contribution in [3.05, 3.63) is 40.8 Å². The van der Waals surface area contributed by atoms with E-state index in [2.05, 4.69) is 10.2 Å². The molecule has 16 heavy (non-hydrogen) atoms. The van der Waals surface area contributed by atoms with Crippen LogP contribution in [0.25, 0.3) is 11.3 Å². The van der Waals surface area contributed by atoms with Crippen molar-refractivity contribution in [1.29, 1.82) is 0 Å². The van der Waals surface area contributed by atoms with E-state index in [4.69, 9.17) is 16.7 Å². The van der Waals surface area contributed by atoms with Gasteiger partial charge in [-0.15, -0.1) is 0 Å². The Morgan fingerprint density at radius 2 is 2.00 bits per heavy atom. The number of H-pyrrole nitrogens is 1. The Hall–Kier alpha value is -1.88. The second-order valence-electron chi connectivity index (χ2n) is 3.07. The summed E-state index contributed by atoms with van der Waals surface area (Å²) < 4.78 is 12.7. The molecule has 0 aliphatic rings. The molecule has 4 nitrogen and oxygen atoms in total. The number of aromatic nitrogens is 2. The van der Waals surface area contributed by atoms with Crippen molar-refractivity contribution < 1.29 is 14.3 Å². The van der Waals surface area contributed by atoms with Gasteiger partial charge in [0.1, 0.15) is 22.2 Å². The predicted octanol–water partition coefficient (Wildman–Crippen LogP) is 2.57. The van der Waals surface area contributed by atoms with Gasteiger partial charge in [-0.3, -0.25) is 5.10 Å². The van der Waals surface area contributed by atoms with E-state index in [1.54, 1.807) is 0 Å². The molecule has 0 aliphatic heterocycles. The van der Waals surface area contributed by atoms with Gasteiger partial charge in [0.15, 0.2) is 0 Å². The van der Waals surface area contributed by atoms with Crippen LogP contribution in [0.1, 0.15) is 10.4 Å². The van der Waals surface area contributed by atoms with Gasteiger partial charge in [0, 0.05) is 5.56 Å². The smallest absolute Gasteiger partial charge is 0.341 e. The average molecular weight is 241 g/mol. The molecule has 0 radical (unpaired) electrons. The number of carboxylic acid groups (broad SMARTS) is 1. The highest BCUT2D eigenvalue weighted by Gasteiger charge is 2.19. The molecule has 2 N–H and O–H groups in total. The highest BCUT2D eigenvalue weighted by molar-refractivity contribution is 6.33. The van der Waals surface area contributed by atoms with Gasteiger partial charge in [-0.2, -0.15) is 5.10 Å². The lowest BCUT2D eigenvalue weighted by molar-refractivity contribution is 0.0698. The third kappa shape index (κ3) is 1.77. The van der Waals surface area contributed by atoms with E-state index in [0.29, 0.717) is 5.56 Å². The van der Waals surface area contributed by atoms with E-state index >= 15 is 0 Å². The standard InChI is InChI=1S/C10H6ClFN2O2/c11-9-7(10(15)16)8(13-14-9)5-1-3-6(12)4-2-5/h1-4H,(H,13,14)(H,15,16). The first kappa shape index (κ1) is 10.6. The molecule has 0 spiro atoms. The number of aromatic amines is 1. The molecule has 0 fully saturated rings. The predicted molar refractivity (Wildman–Crippen MR) is 56.0 cm³/mol. The Kier molecular flexibility index (Phi) is 2.62. The summed E-state index contributed by atoms with van der Waals surface area (Å²) in [6.45, 7) is 0. The Morgan fingerprint density at radius 1 is 1.38 bits per heavy atom. The maximum atomic E-state index is 12.7. The first-order valence-corrected chi connectivity index (χ1v) is 4.70. The van der Waals surface area contributed by atoms with Crippen molar-refractivity contribution in [3.63, 3.8) is 0 Å². The van der Waals surface area contributed by atoms with Crippen LogP contribution in [-0.2, 0) is 0 Å². The number of rotatable bonds is 2. The van der Waals surface area contributed by atoms with Crippen LogP contribution in [0.4, 0.5) is 4.39 Å². The molecule has 6 heteroatoms. The fourth-order valence-electron chi connectivity index (χ4n) is 1.33. The summed E-state index contributed by atoms with van der Waals surface area (Å²) in [5.74, 6) is -1.58. The van der Waals surface area contributed by atoms with Crippen LogP contribution in [0, 0.1) is 5.82 Å². The zero-order valence-corrected chi connectivity index (χ0v) is 8.62. The van der Waals surface area contributed by atoms with Crippen LogP contribution in [0.2, 0.25) is 5.15 Å². The fourth-order valence-corrected chi connectivity index (χ4v) is 1.55. The number of nitrogens with one attached hydrogen (secondary N) is 1. The molecule has 82 valence electrons. The summed E-state index contributed by atoms with van der Waals surface area (Å²) in [7, 11) is 0. The van der Waals surface area contributed by atoms with Crippen molar-refractivity contribution in [2.75, 3.05) is 0 Å². The molecule has 0 saturated carbocycles. The molecule has 1 aromatic carbocycles. The van der Waals surface area contributed by atoms with E-state index < -0.39 is 11.8 Å². The Bertz CT molecular complexity index is 536. The SMILES string of the molecule is O=C(O)c1c(-c2ccc(F)cc2)n[nH]c1Cl. The lowest BCUT2D eigenvalue weighted by Crippen LogP contribution is -1.97. The summed E-state index contributed by atoms with van der Waals surface area (Å²) >= 11 is 5.65. The van der Waals surface area contributed by atoms with Gasteiger partial charge in [0.2, 0.25) is 0 Å². The van der Waals surface area contributed by atoms with Crippen molar-refractivity contribution in [3.8, 4) is 11.3 Å². The second-order valence-corrected chi connectivity index (χ2v) is 3.45. The molecule has 0 bridgehead atoms. The maximum absolute atomic E-state index is 12.7. The number of nitrogens with zero attached hydrogens (tertiary/aromatic N) is 1. The van der Waals surface area contributed by atoms with Gasteiger partial charge < -0.3 is 5.11 Å². The van der Waals surface area contributed by atoms with Gasteiger partial charge in [-0.05, 0) is 24.3 Å². The molecular weight excluding hydrogens is 235 g/mol. The quantitative estimate of drug-likeness (QED) is 0.848. The van der Waals surface area contributed by atoms with Crippen molar-refractivity contribution in [2.24, 2.45) is 0 Å². The highest BCUT2D eigenvalue weighted by atomic mass is 35.5. The van der Waals surface area contributed by atoms with E-state index in [1.807, 2.05) is 0 Å². The van der Waals surface area contributed by atoms with Crippen molar-refractivity contribution in [2.45, 2.75) is 0 Å². The Balaban J connectivity index is 2.56. The first-order chi connectivity index (χ1) is 7.59. The molecule has 0 aliphatic carbocycles. The van der Waals surface area contributed by atoms with E-state index in [-0.39, 0.29) is 16.4 Å². The maximum Gasteiger partial charge on any atom is 0.341 e. The lowest BCUT2D eigenvalue weighted by Gasteiger charge is -1.98. The zero-order valence-electron chi connectivity index (χ0n) is 7.87. The average Bonchev–Trinajstić information content (AvgIpc) is 2.61. The number of halogens is 2. The topological polar surface area (TPSA) is 66.0 Å². The number of carbonyl (C=O) groups is 1. The lowest BCUT2D eigenvalue weighted by atomic mass is 10.1. The summed E-state index contributed by atoms with van der Waals surface area (Å²) in [4.78, 5) is 10.9. The number of aromatic carboxylic acids is 1. The number of carboxylic acids is 1. The molecule has 0 unspecified atom stereocenters. The minimum Gasteiger partial charge on any atom is -0.478 e. The highest BCUT2D eigenvalue weighted by Crippen LogP contribution is 2.26. The van der Waals surface area contributed by atoms with Crippen LogP contribution in [0.3, 0.4) is 0 Å². The number of hydrogen-bond acceptors (Lipinski definition) is 2. The molecule has 1 aromatic heterocycles. The minimum absolute atomic E-state index is 0.0492. The minimum atomic E-state index is -1.18. The van der Waals surface area contributed by atoms with Gasteiger partial charge in [-0.1, -0.05) is 11.6 Å². The molecule has 0 atom stereocenters. The summed E-state index contributed by atoms with van der Waals surface area (Å²) in [5.41, 5.74) is 0.563. The van der Waals surface area contributed by atoms with E-state index in [0.717, 1.165) is 0 Å². The van der Waals surface area contributed by atoms with Crippen LogP contribution < -0.4 is 0 Å². The van der Waals surface area contributed by atoms with Crippen molar-refractivity contribution >= 4 is 17.6 Å². The Morgan fingerprint density at radius 3 is 2.56 bits per heavy atom. The van der Waals surface area contributed by atoms with Crippen LogP contribution in [0.5, 0.6) is 0 Å². The second kappa shape index (κ2) is 3.94. The van der Waals surface area contributed by atoms with Gasteiger partial charge in [-0.25, -0.2) is 9.18 Å². The zero-order chi connectivity index (χ0) is 11.7. The third-order valence-electron chi connectivity index (χ3n) is 2.05. The molecule has 0 amide bonds. The number of hydrogen-bond donors (Lipinski definition) is 2. The Labute approximate surface area is 94.7 Å². The molecule has 2 aromatic rings. The fraction of sp³-hybridized carbons (Fsp3) is 0. The number of benzene rings is 1. The van der Waals surface area contributed by atoms with Crippen LogP contribution in [-0.4, -0.2) is 21.3 Å². The largest absolute Gasteiger partial charge is 0.478 e. The van der Waals surface area contributed by atoms with Crippen molar-refractivity contribution in [1.82, 2.24) is 10.2 Å². The van der Waals surface area contributed by atoms with E-state index in [9.17, 15) is 9.18 Å². The van der Waals surface area contributed by atoms with Gasteiger partial charge >= 0.3 is 5.97 Å². The van der Waals surface area contributed by atoms with Gasteiger partial charge in [0.25, 0.3) is 0 Å².